The van der Waals surface area contributed by atoms with E-state index < -0.39 is 0 Å². The molecule has 2 aromatic rings. The zero-order valence-electron chi connectivity index (χ0n) is 15.6. The molecule has 0 bridgehead atoms. The fourth-order valence-corrected chi connectivity index (χ4v) is 3.21. The van der Waals surface area contributed by atoms with Crippen LogP contribution in [0, 0.1) is 5.82 Å². The molecule has 2 rings (SSSR count). The van der Waals surface area contributed by atoms with Gasteiger partial charge in [-0.05, 0) is 63.3 Å². The van der Waals surface area contributed by atoms with Gasteiger partial charge in [0.15, 0.2) is 11.5 Å². The van der Waals surface area contributed by atoms with E-state index in [9.17, 15) is 4.39 Å². The van der Waals surface area contributed by atoms with Gasteiger partial charge in [0.1, 0.15) is 12.4 Å². The maximum atomic E-state index is 14.0. The van der Waals surface area contributed by atoms with Gasteiger partial charge in [0.25, 0.3) is 0 Å². The smallest absolute Gasteiger partial charge is 0.162 e. The summed E-state index contributed by atoms with van der Waals surface area (Å²) >= 11 is 9.66. The lowest BCUT2D eigenvalue weighted by atomic mass is 10.2. The monoisotopic (exact) mass is 458 g/mol. The van der Waals surface area contributed by atoms with Crippen molar-refractivity contribution >= 4 is 27.5 Å². The minimum atomic E-state index is -0.387. The zero-order valence-corrected chi connectivity index (χ0v) is 17.9. The molecule has 0 aromatic heterocycles. The Morgan fingerprint density at radius 1 is 1.15 bits per heavy atom. The van der Waals surface area contributed by atoms with Crippen molar-refractivity contribution in [3.8, 4) is 11.5 Å². The van der Waals surface area contributed by atoms with E-state index in [0.29, 0.717) is 35.2 Å². The van der Waals surface area contributed by atoms with Gasteiger partial charge in [-0.3, -0.25) is 0 Å². The standard InChI is InChI=1S/C20H25BrClFN2O2/c1-3-26-19-10-14(12-25-9-5-8-24-2)16(21)11-20(19)27-13-15-17(22)6-4-7-18(15)23/h4,6-7,10-11,24-25H,3,5,8-9,12-13H2,1-2H3. The van der Waals surface area contributed by atoms with E-state index in [4.69, 9.17) is 21.1 Å². The second-order valence-electron chi connectivity index (χ2n) is 5.95. The lowest BCUT2D eigenvalue weighted by Crippen LogP contribution is -2.19. The van der Waals surface area contributed by atoms with Gasteiger partial charge in [-0.25, -0.2) is 4.39 Å². The number of ether oxygens (including phenoxy) is 2. The van der Waals surface area contributed by atoms with Crippen LogP contribution in [0.15, 0.2) is 34.8 Å². The average molecular weight is 460 g/mol. The molecule has 0 radical (unpaired) electrons. The lowest BCUT2D eigenvalue weighted by Gasteiger charge is -2.16. The van der Waals surface area contributed by atoms with Crippen molar-refractivity contribution in [3.05, 3.63) is 56.8 Å². The maximum absolute atomic E-state index is 14.0. The molecule has 0 unspecified atom stereocenters. The van der Waals surface area contributed by atoms with Crippen LogP contribution in [0.4, 0.5) is 4.39 Å². The summed E-state index contributed by atoms with van der Waals surface area (Å²) in [6, 6.07) is 8.38. The van der Waals surface area contributed by atoms with Crippen LogP contribution in [0.1, 0.15) is 24.5 Å². The summed E-state index contributed by atoms with van der Waals surface area (Å²) < 4.78 is 26.4. The van der Waals surface area contributed by atoms with Gasteiger partial charge in [-0.1, -0.05) is 33.6 Å². The van der Waals surface area contributed by atoms with Gasteiger partial charge in [0, 0.05) is 16.6 Å². The van der Waals surface area contributed by atoms with Crippen LogP contribution in [-0.4, -0.2) is 26.7 Å². The van der Waals surface area contributed by atoms with E-state index in [2.05, 4.69) is 26.6 Å². The predicted molar refractivity (Wildman–Crippen MR) is 111 cm³/mol. The normalized spacial score (nSPS) is 10.9. The van der Waals surface area contributed by atoms with Crippen LogP contribution >= 0.6 is 27.5 Å². The van der Waals surface area contributed by atoms with Crippen molar-refractivity contribution in [2.24, 2.45) is 0 Å². The van der Waals surface area contributed by atoms with Gasteiger partial charge in [0.05, 0.1) is 11.6 Å². The van der Waals surface area contributed by atoms with Gasteiger partial charge >= 0.3 is 0 Å². The quantitative estimate of drug-likeness (QED) is 0.468. The molecule has 148 valence electrons. The van der Waals surface area contributed by atoms with E-state index in [1.54, 1.807) is 12.1 Å². The highest BCUT2D eigenvalue weighted by Crippen LogP contribution is 2.35. The average Bonchev–Trinajstić information content (AvgIpc) is 2.64. The SMILES string of the molecule is CCOc1cc(CNCCCNC)c(Br)cc1OCc1c(F)cccc1Cl. The van der Waals surface area contributed by atoms with Crippen molar-refractivity contribution in [1.29, 1.82) is 0 Å². The van der Waals surface area contributed by atoms with Crippen LogP contribution in [0.3, 0.4) is 0 Å². The summed E-state index contributed by atoms with van der Waals surface area (Å²) in [4.78, 5) is 0. The van der Waals surface area contributed by atoms with E-state index >= 15 is 0 Å². The molecule has 27 heavy (non-hydrogen) atoms. The maximum Gasteiger partial charge on any atom is 0.162 e. The highest BCUT2D eigenvalue weighted by molar-refractivity contribution is 9.10. The molecule has 0 fully saturated rings. The van der Waals surface area contributed by atoms with E-state index in [-0.39, 0.29) is 12.4 Å². The summed E-state index contributed by atoms with van der Waals surface area (Å²) in [6.45, 7) is 5.05. The molecule has 0 aliphatic rings. The first kappa shape index (κ1) is 22.0. The Kier molecular flexibility index (Phi) is 9.34. The number of hydrogen-bond acceptors (Lipinski definition) is 4. The Morgan fingerprint density at radius 3 is 2.63 bits per heavy atom. The highest BCUT2D eigenvalue weighted by atomic mass is 79.9. The fraction of sp³-hybridized carbons (Fsp3) is 0.400. The van der Waals surface area contributed by atoms with E-state index in [0.717, 1.165) is 29.5 Å². The third kappa shape index (κ3) is 6.64. The first-order chi connectivity index (χ1) is 13.1. The number of nitrogens with one attached hydrogen (secondary N) is 2. The number of benzene rings is 2. The van der Waals surface area contributed by atoms with Gasteiger partial charge in [0.2, 0.25) is 0 Å². The number of halogens is 3. The summed E-state index contributed by atoms with van der Waals surface area (Å²) in [5.74, 6) is 0.782. The first-order valence-corrected chi connectivity index (χ1v) is 10.1. The Morgan fingerprint density at radius 2 is 1.93 bits per heavy atom. The van der Waals surface area contributed by atoms with E-state index in [1.807, 2.05) is 26.1 Å². The summed E-state index contributed by atoms with van der Waals surface area (Å²) in [6.07, 6.45) is 1.05. The van der Waals surface area contributed by atoms with Crippen LogP contribution in [-0.2, 0) is 13.2 Å². The van der Waals surface area contributed by atoms with Crippen molar-refractivity contribution in [3.63, 3.8) is 0 Å². The zero-order chi connectivity index (χ0) is 19.6. The first-order valence-electron chi connectivity index (χ1n) is 8.93. The lowest BCUT2D eigenvalue weighted by molar-refractivity contribution is 0.265. The molecule has 4 nitrogen and oxygen atoms in total. The largest absolute Gasteiger partial charge is 0.490 e. The molecule has 0 aliphatic carbocycles. The Labute approximate surface area is 173 Å². The van der Waals surface area contributed by atoms with E-state index in [1.165, 1.54) is 6.07 Å². The molecule has 0 aliphatic heterocycles. The molecule has 0 heterocycles. The molecule has 2 N–H and O–H groups in total. The van der Waals surface area contributed by atoms with Crippen LogP contribution in [0.25, 0.3) is 0 Å². The fourth-order valence-electron chi connectivity index (χ4n) is 2.53. The third-order valence-corrected chi connectivity index (χ3v) is 5.03. The molecule has 0 spiro atoms. The summed E-state index contributed by atoms with van der Waals surface area (Å²) in [5.41, 5.74) is 1.40. The van der Waals surface area contributed by atoms with Gasteiger partial charge in [-0.2, -0.15) is 0 Å². The Balaban J connectivity index is 2.10. The van der Waals surface area contributed by atoms with Gasteiger partial charge < -0.3 is 20.1 Å². The minimum absolute atomic E-state index is 0.0274. The van der Waals surface area contributed by atoms with Crippen LogP contribution in [0.5, 0.6) is 11.5 Å². The van der Waals surface area contributed by atoms with Crippen molar-refractivity contribution in [1.82, 2.24) is 10.6 Å². The van der Waals surface area contributed by atoms with Crippen molar-refractivity contribution in [2.45, 2.75) is 26.5 Å². The topological polar surface area (TPSA) is 42.5 Å². The van der Waals surface area contributed by atoms with Crippen LogP contribution in [0.2, 0.25) is 5.02 Å². The minimum Gasteiger partial charge on any atom is -0.490 e. The Bertz CT molecular complexity index is 726. The molecule has 0 saturated heterocycles. The highest BCUT2D eigenvalue weighted by Gasteiger charge is 2.13. The molecule has 0 amide bonds. The van der Waals surface area contributed by atoms with Gasteiger partial charge in [-0.15, -0.1) is 0 Å². The number of rotatable bonds is 11. The van der Waals surface area contributed by atoms with Crippen molar-refractivity contribution < 1.29 is 13.9 Å². The second-order valence-corrected chi connectivity index (χ2v) is 7.21. The number of hydrogen-bond donors (Lipinski definition) is 2. The summed E-state index contributed by atoms with van der Waals surface area (Å²) in [7, 11) is 1.94. The molecule has 0 saturated carbocycles. The molecular weight excluding hydrogens is 435 g/mol. The van der Waals surface area contributed by atoms with Crippen molar-refractivity contribution in [2.75, 3.05) is 26.7 Å². The second kappa shape index (κ2) is 11.5. The molecular formula is C20H25BrClFN2O2. The molecule has 7 heteroatoms. The van der Waals surface area contributed by atoms with Crippen LogP contribution < -0.4 is 20.1 Å². The third-order valence-electron chi connectivity index (χ3n) is 3.94. The predicted octanol–water partition coefficient (Wildman–Crippen LogP) is 4.92. The Hall–Kier alpha value is -1.34. The summed E-state index contributed by atoms with van der Waals surface area (Å²) in [5, 5.41) is 6.87. The molecule has 0 atom stereocenters. The molecule has 2 aromatic carbocycles.